The Balaban J connectivity index is 3.02. The Morgan fingerprint density at radius 3 is 2.00 bits per heavy atom. The number of benzene rings is 1. The lowest BCUT2D eigenvalue weighted by atomic mass is 9.96. The number of nitrogens with one attached hydrogen (secondary N) is 3. The molecule has 0 radical (unpaired) electrons. The lowest BCUT2D eigenvalue weighted by Gasteiger charge is -2.28. The van der Waals surface area contributed by atoms with Gasteiger partial charge in [-0.15, -0.1) is 0 Å². The Hall–Kier alpha value is -4.00. The van der Waals surface area contributed by atoms with Crippen LogP contribution in [0.3, 0.4) is 0 Å². The smallest absolute Gasteiger partial charge is 0.326 e. The summed E-state index contributed by atoms with van der Waals surface area (Å²) in [5.41, 5.74) is 11.9. The molecule has 0 aliphatic heterocycles. The maximum absolute atomic E-state index is 13.1. The van der Waals surface area contributed by atoms with Gasteiger partial charge in [0.25, 0.3) is 0 Å². The van der Waals surface area contributed by atoms with E-state index in [1.165, 1.54) is 0 Å². The number of carboxylic acid groups (broad SMARTS) is 2. The van der Waals surface area contributed by atoms with Gasteiger partial charge in [0.1, 0.15) is 18.1 Å². The van der Waals surface area contributed by atoms with Crippen molar-refractivity contribution in [1.29, 1.82) is 0 Å². The Kier molecular flexibility index (Phi) is 12.7. The molecule has 0 aromatic heterocycles. The maximum Gasteiger partial charge on any atom is 0.326 e. The van der Waals surface area contributed by atoms with E-state index in [2.05, 4.69) is 16.0 Å². The van der Waals surface area contributed by atoms with Gasteiger partial charge in [-0.05, 0) is 24.3 Å². The first-order valence-corrected chi connectivity index (χ1v) is 11.8. The van der Waals surface area contributed by atoms with Crippen molar-refractivity contribution in [2.75, 3.05) is 0 Å². The van der Waals surface area contributed by atoms with E-state index >= 15 is 0 Å². The number of rotatable bonds is 16. The van der Waals surface area contributed by atoms with Gasteiger partial charge >= 0.3 is 11.9 Å². The standard InChI is InChI=1S/C24H35N5O8/c1-3-13(2)20(29-21(33)15(25)11-14-7-5-4-6-8-14)23(35)27-16(9-10-19(31)32)22(34)28-17(24(36)37)12-18(26)30/h4-8,13,15-17,20H,3,9-12,25H2,1-2H3,(H2,26,30)(H,27,35)(H,28,34)(H,29,33)(H,31,32)(H,36,37). The zero-order valence-electron chi connectivity index (χ0n) is 20.8. The zero-order valence-corrected chi connectivity index (χ0v) is 20.8. The van der Waals surface area contributed by atoms with Crippen molar-refractivity contribution < 1.29 is 39.0 Å². The fourth-order valence-electron chi connectivity index (χ4n) is 3.39. The molecule has 5 atom stereocenters. The normalized spacial score (nSPS) is 14.8. The van der Waals surface area contributed by atoms with E-state index < -0.39 is 78.5 Å². The Morgan fingerprint density at radius 1 is 0.892 bits per heavy atom. The predicted octanol–water partition coefficient (Wildman–Crippen LogP) is -1.12. The van der Waals surface area contributed by atoms with Crippen LogP contribution in [0.1, 0.15) is 45.1 Å². The van der Waals surface area contributed by atoms with Crippen LogP contribution in [0.4, 0.5) is 0 Å². The van der Waals surface area contributed by atoms with Crippen LogP contribution in [-0.2, 0) is 35.2 Å². The van der Waals surface area contributed by atoms with Crippen molar-refractivity contribution in [3.05, 3.63) is 35.9 Å². The summed E-state index contributed by atoms with van der Waals surface area (Å²) in [4.78, 5) is 72.2. The second kappa shape index (κ2) is 15.2. The van der Waals surface area contributed by atoms with Crippen molar-refractivity contribution in [2.45, 2.75) is 70.1 Å². The third-order valence-electron chi connectivity index (χ3n) is 5.73. The van der Waals surface area contributed by atoms with Gasteiger partial charge in [-0.2, -0.15) is 0 Å². The van der Waals surface area contributed by atoms with Crippen molar-refractivity contribution in [2.24, 2.45) is 17.4 Å². The van der Waals surface area contributed by atoms with E-state index in [1.807, 2.05) is 6.07 Å². The van der Waals surface area contributed by atoms with Gasteiger partial charge in [0.05, 0.1) is 12.5 Å². The molecular weight excluding hydrogens is 486 g/mol. The van der Waals surface area contributed by atoms with Crippen molar-refractivity contribution in [1.82, 2.24) is 16.0 Å². The maximum atomic E-state index is 13.1. The number of carboxylic acids is 2. The number of hydrogen-bond acceptors (Lipinski definition) is 7. The third kappa shape index (κ3) is 11.1. The number of carbonyl (C=O) groups is 6. The van der Waals surface area contributed by atoms with Crippen molar-refractivity contribution in [3.63, 3.8) is 0 Å². The van der Waals surface area contributed by atoms with Crippen LogP contribution in [0.25, 0.3) is 0 Å². The van der Waals surface area contributed by atoms with E-state index in [0.29, 0.717) is 6.42 Å². The first kappa shape index (κ1) is 31.0. The first-order chi connectivity index (χ1) is 17.3. The molecule has 0 aliphatic carbocycles. The summed E-state index contributed by atoms with van der Waals surface area (Å²) < 4.78 is 0. The molecule has 0 fully saturated rings. The zero-order chi connectivity index (χ0) is 28.1. The summed E-state index contributed by atoms with van der Waals surface area (Å²) in [5, 5.41) is 25.4. The van der Waals surface area contributed by atoms with Crippen LogP contribution in [0, 0.1) is 5.92 Å². The molecule has 9 N–H and O–H groups in total. The average molecular weight is 522 g/mol. The highest BCUT2D eigenvalue weighted by Crippen LogP contribution is 2.11. The fraction of sp³-hybridized carbons (Fsp3) is 0.500. The molecule has 0 bridgehead atoms. The van der Waals surface area contributed by atoms with Gasteiger partial charge in [0.2, 0.25) is 23.6 Å². The molecule has 13 heteroatoms. The third-order valence-corrected chi connectivity index (χ3v) is 5.73. The summed E-state index contributed by atoms with van der Waals surface area (Å²) in [6.45, 7) is 3.49. The monoisotopic (exact) mass is 521 g/mol. The summed E-state index contributed by atoms with van der Waals surface area (Å²) >= 11 is 0. The molecule has 0 saturated heterocycles. The second-order valence-electron chi connectivity index (χ2n) is 8.73. The van der Waals surface area contributed by atoms with E-state index in [4.69, 9.17) is 16.6 Å². The number of primary amides is 1. The summed E-state index contributed by atoms with van der Waals surface area (Å²) in [5.74, 6) is -6.54. The molecule has 0 heterocycles. The molecule has 4 amide bonds. The Labute approximate surface area is 214 Å². The number of aliphatic carboxylic acids is 2. The van der Waals surface area contributed by atoms with E-state index in [-0.39, 0.29) is 12.8 Å². The number of nitrogens with two attached hydrogens (primary N) is 2. The lowest BCUT2D eigenvalue weighted by molar-refractivity contribution is -0.144. The van der Waals surface area contributed by atoms with Crippen LogP contribution >= 0.6 is 0 Å². The van der Waals surface area contributed by atoms with E-state index in [1.54, 1.807) is 38.1 Å². The van der Waals surface area contributed by atoms with Gasteiger partial charge in [-0.3, -0.25) is 24.0 Å². The molecule has 1 aromatic rings. The minimum absolute atomic E-state index is 0.224. The largest absolute Gasteiger partial charge is 0.481 e. The molecule has 37 heavy (non-hydrogen) atoms. The molecule has 5 unspecified atom stereocenters. The quantitative estimate of drug-likeness (QED) is 0.139. The highest BCUT2D eigenvalue weighted by Gasteiger charge is 2.33. The van der Waals surface area contributed by atoms with Crippen molar-refractivity contribution in [3.8, 4) is 0 Å². The summed E-state index contributed by atoms with van der Waals surface area (Å²) in [6.07, 6.45) is -0.899. The van der Waals surface area contributed by atoms with E-state index in [9.17, 15) is 33.9 Å². The minimum Gasteiger partial charge on any atom is -0.481 e. The first-order valence-electron chi connectivity index (χ1n) is 11.8. The number of carbonyl (C=O) groups excluding carboxylic acids is 4. The Bertz CT molecular complexity index is 971. The molecule has 0 aliphatic rings. The van der Waals surface area contributed by atoms with Gasteiger partial charge in [-0.1, -0.05) is 50.6 Å². The van der Waals surface area contributed by atoms with Gasteiger partial charge in [0.15, 0.2) is 0 Å². The molecule has 0 saturated carbocycles. The second-order valence-corrected chi connectivity index (χ2v) is 8.73. The highest BCUT2D eigenvalue weighted by atomic mass is 16.4. The van der Waals surface area contributed by atoms with Crippen LogP contribution in [0.5, 0.6) is 0 Å². The SMILES string of the molecule is CCC(C)C(NC(=O)C(N)Cc1ccccc1)C(=O)NC(CCC(=O)O)C(=O)NC(CC(N)=O)C(=O)O. The summed E-state index contributed by atoms with van der Waals surface area (Å²) in [6, 6.07) is 3.84. The van der Waals surface area contributed by atoms with Crippen LogP contribution in [-0.4, -0.2) is 69.9 Å². The van der Waals surface area contributed by atoms with Gasteiger partial charge < -0.3 is 37.6 Å². The van der Waals surface area contributed by atoms with E-state index in [0.717, 1.165) is 5.56 Å². The number of hydrogen-bond donors (Lipinski definition) is 7. The molecule has 204 valence electrons. The molecule has 13 nitrogen and oxygen atoms in total. The van der Waals surface area contributed by atoms with Crippen molar-refractivity contribution >= 4 is 35.6 Å². The minimum atomic E-state index is -1.67. The Morgan fingerprint density at radius 2 is 1.49 bits per heavy atom. The van der Waals surface area contributed by atoms with Gasteiger partial charge in [0, 0.05) is 6.42 Å². The predicted molar refractivity (Wildman–Crippen MR) is 132 cm³/mol. The highest BCUT2D eigenvalue weighted by molar-refractivity contribution is 5.95. The molecular formula is C24H35N5O8. The topological polar surface area (TPSA) is 231 Å². The summed E-state index contributed by atoms with van der Waals surface area (Å²) in [7, 11) is 0. The fourth-order valence-corrected chi connectivity index (χ4v) is 3.39. The average Bonchev–Trinajstić information content (AvgIpc) is 2.83. The van der Waals surface area contributed by atoms with Crippen LogP contribution in [0.15, 0.2) is 30.3 Å². The molecule has 0 spiro atoms. The molecule has 1 aromatic carbocycles. The molecule has 1 rings (SSSR count). The van der Waals surface area contributed by atoms with Crippen LogP contribution < -0.4 is 27.4 Å². The van der Waals surface area contributed by atoms with Gasteiger partial charge in [-0.25, -0.2) is 4.79 Å². The number of amides is 4. The lowest BCUT2D eigenvalue weighted by Crippen LogP contribution is -2.59. The van der Waals surface area contributed by atoms with Crippen LogP contribution in [0.2, 0.25) is 0 Å².